The van der Waals surface area contributed by atoms with Gasteiger partial charge in [0.15, 0.2) is 0 Å². The van der Waals surface area contributed by atoms with Crippen molar-refractivity contribution in [3.8, 4) is 0 Å². The molecule has 1 aromatic rings. The maximum atomic E-state index is 12.1. The SMILES string of the molecule is CS(=O)(=O)NCCCNC(=O)c1cccc(N2CCCC2=O)c1. The van der Waals surface area contributed by atoms with Crippen LogP contribution in [0.2, 0.25) is 0 Å². The maximum Gasteiger partial charge on any atom is 0.251 e. The largest absolute Gasteiger partial charge is 0.352 e. The molecule has 2 amide bonds. The Balaban J connectivity index is 1.86. The van der Waals surface area contributed by atoms with Crippen molar-refractivity contribution >= 4 is 27.5 Å². The zero-order chi connectivity index (χ0) is 16.9. The molecule has 0 aromatic heterocycles. The lowest BCUT2D eigenvalue weighted by Gasteiger charge is -2.16. The second-order valence-corrected chi connectivity index (χ2v) is 7.31. The summed E-state index contributed by atoms with van der Waals surface area (Å²) in [4.78, 5) is 25.5. The Morgan fingerprint density at radius 1 is 1.30 bits per heavy atom. The van der Waals surface area contributed by atoms with Crippen molar-refractivity contribution in [2.75, 3.05) is 30.8 Å². The van der Waals surface area contributed by atoms with Crippen LogP contribution >= 0.6 is 0 Å². The molecule has 126 valence electrons. The molecule has 0 aliphatic carbocycles. The Morgan fingerprint density at radius 2 is 2.09 bits per heavy atom. The Hall–Kier alpha value is -1.93. The van der Waals surface area contributed by atoms with Crippen LogP contribution in [0.4, 0.5) is 5.69 Å². The van der Waals surface area contributed by atoms with Crippen molar-refractivity contribution in [2.24, 2.45) is 0 Å². The van der Waals surface area contributed by atoms with Crippen molar-refractivity contribution < 1.29 is 18.0 Å². The average Bonchev–Trinajstić information content (AvgIpc) is 2.92. The fourth-order valence-electron chi connectivity index (χ4n) is 2.39. The van der Waals surface area contributed by atoms with Gasteiger partial charge in [-0.15, -0.1) is 0 Å². The Bertz CT molecular complexity index is 688. The average molecular weight is 339 g/mol. The summed E-state index contributed by atoms with van der Waals surface area (Å²) in [6.07, 6.45) is 2.98. The zero-order valence-electron chi connectivity index (χ0n) is 13.0. The lowest BCUT2D eigenvalue weighted by atomic mass is 10.1. The number of rotatable bonds is 7. The van der Waals surface area contributed by atoms with Gasteiger partial charge in [-0.1, -0.05) is 6.07 Å². The molecule has 23 heavy (non-hydrogen) atoms. The van der Waals surface area contributed by atoms with E-state index < -0.39 is 10.0 Å². The molecule has 1 fully saturated rings. The number of carbonyl (C=O) groups excluding carboxylic acids is 2. The summed E-state index contributed by atoms with van der Waals surface area (Å²) in [5, 5.41) is 2.74. The molecule has 1 aliphatic rings. The third-order valence-electron chi connectivity index (χ3n) is 3.50. The van der Waals surface area contributed by atoms with Crippen LogP contribution in [0.1, 0.15) is 29.6 Å². The molecule has 7 nitrogen and oxygen atoms in total. The minimum absolute atomic E-state index is 0.0782. The van der Waals surface area contributed by atoms with E-state index in [2.05, 4.69) is 10.0 Å². The lowest BCUT2D eigenvalue weighted by Crippen LogP contribution is -2.29. The highest BCUT2D eigenvalue weighted by Crippen LogP contribution is 2.22. The predicted octanol–water partition coefficient (Wildman–Crippen LogP) is 0.482. The Labute approximate surface area is 136 Å². The van der Waals surface area contributed by atoms with Crippen LogP contribution in [-0.4, -0.2) is 46.1 Å². The molecule has 0 bridgehead atoms. The van der Waals surface area contributed by atoms with Crippen LogP contribution in [-0.2, 0) is 14.8 Å². The standard InChI is InChI=1S/C15H21N3O4S/c1-23(21,22)17-9-4-8-16-15(20)12-5-2-6-13(11-12)18-10-3-7-14(18)19/h2,5-6,11,17H,3-4,7-10H2,1H3,(H,16,20). The number of nitrogens with zero attached hydrogens (tertiary/aromatic N) is 1. The van der Waals surface area contributed by atoms with Crippen LogP contribution in [0.25, 0.3) is 0 Å². The molecule has 0 atom stereocenters. The molecule has 1 aliphatic heterocycles. The molecule has 0 unspecified atom stereocenters. The van der Waals surface area contributed by atoms with E-state index in [0.29, 0.717) is 31.5 Å². The smallest absolute Gasteiger partial charge is 0.251 e. The molecule has 2 rings (SSSR count). The summed E-state index contributed by atoms with van der Waals surface area (Å²) in [5.41, 5.74) is 1.22. The molecule has 1 aromatic carbocycles. The second-order valence-electron chi connectivity index (χ2n) is 5.48. The number of anilines is 1. The fraction of sp³-hybridized carbons (Fsp3) is 0.467. The molecule has 8 heteroatoms. The van der Waals surface area contributed by atoms with E-state index in [9.17, 15) is 18.0 Å². The number of benzene rings is 1. The van der Waals surface area contributed by atoms with E-state index in [1.165, 1.54) is 0 Å². The van der Waals surface area contributed by atoms with Gasteiger partial charge in [0.05, 0.1) is 6.26 Å². The summed E-state index contributed by atoms with van der Waals surface area (Å²) >= 11 is 0. The van der Waals surface area contributed by atoms with Crippen molar-refractivity contribution in [1.82, 2.24) is 10.0 Å². The number of carbonyl (C=O) groups is 2. The summed E-state index contributed by atoms with van der Waals surface area (Å²) < 4.78 is 24.2. The van der Waals surface area contributed by atoms with Gasteiger partial charge in [0, 0.05) is 37.3 Å². The first-order chi connectivity index (χ1) is 10.9. The van der Waals surface area contributed by atoms with Gasteiger partial charge in [0.25, 0.3) is 5.91 Å². The summed E-state index contributed by atoms with van der Waals surface area (Å²) in [6, 6.07) is 6.96. The Morgan fingerprint density at radius 3 is 2.74 bits per heavy atom. The molecular formula is C15H21N3O4S. The fourth-order valence-corrected chi connectivity index (χ4v) is 2.90. The number of nitrogens with one attached hydrogen (secondary N) is 2. The third-order valence-corrected chi connectivity index (χ3v) is 4.23. The Kier molecular flexibility index (Phi) is 5.73. The molecule has 0 saturated carbocycles. The summed E-state index contributed by atoms with van der Waals surface area (Å²) in [6.45, 7) is 1.33. The van der Waals surface area contributed by atoms with Gasteiger partial charge in [-0.3, -0.25) is 9.59 Å². The lowest BCUT2D eigenvalue weighted by molar-refractivity contribution is -0.117. The van der Waals surface area contributed by atoms with Gasteiger partial charge in [0.1, 0.15) is 0 Å². The van der Waals surface area contributed by atoms with E-state index >= 15 is 0 Å². The van der Waals surface area contributed by atoms with Gasteiger partial charge < -0.3 is 10.2 Å². The second kappa shape index (κ2) is 7.56. The van der Waals surface area contributed by atoms with Crippen LogP contribution < -0.4 is 14.9 Å². The number of hydrogen-bond donors (Lipinski definition) is 2. The number of amides is 2. The quantitative estimate of drug-likeness (QED) is 0.707. The van der Waals surface area contributed by atoms with Crippen molar-refractivity contribution in [3.05, 3.63) is 29.8 Å². The molecule has 0 spiro atoms. The van der Waals surface area contributed by atoms with E-state index in [0.717, 1.165) is 18.4 Å². The third kappa shape index (κ3) is 5.33. The van der Waals surface area contributed by atoms with Gasteiger partial charge in [-0.2, -0.15) is 0 Å². The normalized spacial score (nSPS) is 15.0. The highest BCUT2D eigenvalue weighted by molar-refractivity contribution is 7.88. The van der Waals surface area contributed by atoms with Crippen LogP contribution in [0, 0.1) is 0 Å². The van der Waals surface area contributed by atoms with Crippen molar-refractivity contribution in [1.29, 1.82) is 0 Å². The van der Waals surface area contributed by atoms with Gasteiger partial charge in [0.2, 0.25) is 15.9 Å². The highest BCUT2D eigenvalue weighted by Gasteiger charge is 2.22. The number of sulfonamides is 1. The molecule has 0 radical (unpaired) electrons. The van der Waals surface area contributed by atoms with E-state index in [1.54, 1.807) is 23.1 Å². The van der Waals surface area contributed by atoms with E-state index in [-0.39, 0.29) is 18.4 Å². The minimum Gasteiger partial charge on any atom is -0.352 e. The predicted molar refractivity (Wildman–Crippen MR) is 87.8 cm³/mol. The first-order valence-corrected chi connectivity index (χ1v) is 9.39. The molecule has 2 N–H and O–H groups in total. The first-order valence-electron chi connectivity index (χ1n) is 7.50. The monoisotopic (exact) mass is 339 g/mol. The van der Waals surface area contributed by atoms with E-state index in [4.69, 9.17) is 0 Å². The van der Waals surface area contributed by atoms with Crippen LogP contribution in [0.15, 0.2) is 24.3 Å². The van der Waals surface area contributed by atoms with E-state index in [1.807, 2.05) is 6.07 Å². The summed E-state index contributed by atoms with van der Waals surface area (Å²) in [7, 11) is -3.20. The topological polar surface area (TPSA) is 95.6 Å². The maximum absolute atomic E-state index is 12.1. The minimum atomic E-state index is -3.20. The highest BCUT2D eigenvalue weighted by atomic mass is 32.2. The van der Waals surface area contributed by atoms with Crippen molar-refractivity contribution in [2.45, 2.75) is 19.3 Å². The molecule has 1 heterocycles. The summed E-state index contributed by atoms with van der Waals surface area (Å²) in [5.74, 6) is -0.160. The zero-order valence-corrected chi connectivity index (χ0v) is 13.9. The van der Waals surface area contributed by atoms with Crippen LogP contribution in [0.3, 0.4) is 0 Å². The number of hydrogen-bond acceptors (Lipinski definition) is 4. The van der Waals surface area contributed by atoms with Crippen LogP contribution in [0.5, 0.6) is 0 Å². The molecular weight excluding hydrogens is 318 g/mol. The van der Waals surface area contributed by atoms with Gasteiger partial charge >= 0.3 is 0 Å². The van der Waals surface area contributed by atoms with Gasteiger partial charge in [-0.05, 0) is 31.0 Å². The van der Waals surface area contributed by atoms with Crippen molar-refractivity contribution in [3.63, 3.8) is 0 Å². The first kappa shape index (κ1) is 17.4. The van der Waals surface area contributed by atoms with Gasteiger partial charge in [-0.25, -0.2) is 13.1 Å². The molecule has 1 saturated heterocycles.